The van der Waals surface area contributed by atoms with E-state index in [1.54, 1.807) is 5.56 Å². The number of rotatable bonds is 7. The van der Waals surface area contributed by atoms with E-state index in [1.165, 1.54) is 125 Å². The molecule has 0 radical (unpaired) electrons. The molecular formula is C52H51N. The summed E-state index contributed by atoms with van der Waals surface area (Å²) in [6.45, 7) is 4.85. The van der Waals surface area contributed by atoms with Crippen molar-refractivity contribution in [2.24, 2.45) is 11.8 Å². The van der Waals surface area contributed by atoms with Crippen LogP contribution in [0, 0.1) is 11.8 Å². The Labute approximate surface area is 316 Å². The van der Waals surface area contributed by atoms with Gasteiger partial charge in [-0.1, -0.05) is 143 Å². The van der Waals surface area contributed by atoms with Gasteiger partial charge in [-0.15, -0.1) is 0 Å². The standard InChI is InChI=1S/C52H51N/c1-52(2)48-23-13-22-44(37-16-8-4-9-17-37)51(48)47-33-46(38-18-10-5-11-19-38)50(34-49(47)52)53(43-21-12-20-40(32-43)36-14-6-3-7-15-36)42-28-26-39(27-29-42)45-31-35-24-25-41(45)30-35/h4-5,8-13,16-23,26-29,32-36,41,45H,3,6-7,14-15,24-25,30-31H2,1-2H3. The molecule has 6 aromatic carbocycles. The highest BCUT2D eigenvalue weighted by atomic mass is 15.1. The minimum absolute atomic E-state index is 0.152. The van der Waals surface area contributed by atoms with Crippen LogP contribution in [0.25, 0.3) is 33.4 Å². The normalized spacial score (nSPS) is 21.4. The van der Waals surface area contributed by atoms with Crippen molar-refractivity contribution in [1.29, 1.82) is 0 Å². The van der Waals surface area contributed by atoms with Crippen molar-refractivity contribution >= 4 is 17.1 Å². The Morgan fingerprint density at radius 2 is 1.23 bits per heavy atom. The molecule has 0 saturated heterocycles. The Kier molecular flexibility index (Phi) is 8.16. The second-order valence-corrected chi connectivity index (χ2v) is 17.1. The van der Waals surface area contributed by atoms with Crippen LogP contribution in [-0.2, 0) is 5.41 Å². The van der Waals surface area contributed by atoms with Crippen molar-refractivity contribution in [2.75, 3.05) is 4.90 Å². The third-order valence-corrected chi connectivity index (χ3v) is 13.7. The molecule has 0 heterocycles. The molecule has 1 heteroatoms. The predicted octanol–water partition coefficient (Wildman–Crippen LogP) is 14.7. The van der Waals surface area contributed by atoms with Gasteiger partial charge in [-0.05, 0) is 142 Å². The lowest BCUT2D eigenvalue weighted by molar-refractivity contribution is 0.420. The number of fused-ring (bicyclic) bond motifs is 5. The molecule has 53 heavy (non-hydrogen) atoms. The molecule has 0 N–H and O–H groups in total. The summed E-state index contributed by atoms with van der Waals surface area (Å²) in [5.74, 6) is 3.19. The van der Waals surface area contributed by atoms with Crippen LogP contribution in [0.15, 0.2) is 140 Å². The molecule has 0 amide bonds. The summed E-state index contributed by atoms with van der Waals surface area (Å²) in [7, 11) is 0. The van der Waals surface area contributed by atoms with E-state index in [0.29, 0.717) is 5.92 Å². The minimum Gasteiger partial charge on any atom is -0.310 e. The Bertz CT molecular complexity index is 2260. The molecule has 4 aliphatic rings. The summed E-state index contributed by atoms with van der Waals surface area (Å²) in [5.41, 5.74) is 17.3. The average molecular weight is 690 g/mol. The molecule has 3 atom stereocenters. The highest BCUT2D eigenvalue weighted by Gasteiger charge is 2.41. The van der Waals surface area contributed by atoms with E-state index in [4.69, 9.17) is 0 Å². The summed E-state index contributed by atoms with van der Waals surface area (Å²) in [6, 6.07) is 53.5. The zero-order valence-electron chi connectivity index (χ0n) is 31.4. The van der Waals surface area contributed by atoms with E-state index < -0.39 is 0 Å². The fraction of sp³-hybridized carbons (Fsp3) is 0.308. The number of hydrogen-bond donors (Lipinski definition) is 0. The van der Waals surface area contributed by atoms with Crippen LogP contribution in [0.5, 0.6) is 0 Å². The lowest BCUT2D eigenvalue weighted by Crippen LogP contribution is -2.17. The highest BCUT2D eigenvalue weighted by molar-refractivity contribution is 5.98. The van der Waals surface area contributed by atoms with Gasteiger partial charge in [0, 0.05) is 22.4 Å². The van der Waals surface area contributed by atoms with E-state index in [1.807, 2.05) is 0 Å². The van der Waals surface area contributed by atoms with Crippen LogP contribution < -0.4 is 4.90 Å². The van der Waals surface area contributed by atoms with Gasteiger partial charge >= 0.3 is 0 Å². The lowest BCUT2D eigenvalue weighted by atomic mass is 9.81. The van der Waals surface area contributed by atoms with E-state index in [-0.39, 0.29) is 5.41 Å². The number of benzene rings is 6. The number of anilines is 3. The number of nitrogens with zero attached hydrogens (tertiary/aromatic N) is 1. The summed E-state index contributed by atoms with van der Waals surface area (Å²) in [6.07, 6.45) is 12.3. The van der Waals surface area contributed by atoms with Crippen LogP contribution in [0.1, 0.15) is 106 Å². The van der Waals surface area contributed by atoms with Crippen LogP contribution in [-0.4, -0.2) is 0 Å². The summed E-state index contributed by atoms with van der Waals surface area (Å²) < 4.78 is 0. The van der Waals surface area contributed by atoms with Crippen LogP contribution >= 0.6 is 0 Å². The maximum atomic E-state index is 2.59. The first kappa shape index (κ1) is 32.7. The quantitative estimate of drug-likeness (QED) is 0.161. The molecular weight excluding hydrogens is 639 g/mol. The van der Waals surface area contributed by atoms with Crippen LogP contribution in [0.2, 0.25) is 0 Å². The summed E-state index contributed by atoms with van der Waals surface area (Å²) >= 11 is 0. The van der Waals surface area contributed by atoms with Gasteiger partial charge in [-0.2, -0.15) is 0 Å². The second kappa shape index (κ2) is 13.2. The first-order valence-electron chi connectivity index (χ1n) is 20.5. The Balaban J connectivity index is 1.18. The fourth-order valence-corrected chi connectivity index (χ4v) is 11.0. The molecule has 264 valence electrons. The Morgan fingerprint density at radius 1 is 0.509 bits per heavy atom. The van der Waals surface area contributed by atoms with Gasteiger partial charge in [0.25, 0.3) is 0 Å². The van der Waals surface area contributed by atoms with Gasteiger partial charge in [-0.25, -0.2) is 0 Å². The Hall–Kier alpha value is -4.88. The zero-order valence-corrected chi connectivity index (χ0v) is 31.4. The maximum Gasteiger partial charge on any atom is 0.0543 e. The molecule has 3 unspecified atom stereocenters. The topological polar surface area (TPSA) is 3.24 Å². The van der Waals surface area contributed by atoms with Crippen molar-refractivity contribution in [2.45, 2.75) is 88.9 Å². The van der Waals surface area contributed by atoms with Gasteiger partial charge in [0.05, 0.1) is 5.69 Å². The summed E-state index contributed by atoms with van der Waals surface area (Å²) in [5, 5.41) is 0. The molecule has 0 aromatic heterocycles. The maximum absolute atomic E-state index is 2.59. The SMILES string of the molecule is CC1(C)c2cc(N(c3ccc(C4CC5CCC4C5)cc3)c3cccc(C4CCCCC4)c3)c(-c3ccccc3)cc2-c2c(-c3ccccc3)cccc21. The monoisotopic (exact) mass is 689 g/mol. The van der Waals surface area contributed by atoms with Crippen molar-refractivity contribution in [3.8, 4) is 33.4 Å². The van der Waals surface area contributed by atoms with Crippen molar-refractivity contribution in [3.05, 3.63) is 162 Å². The van der Waals surface area contributed by atoms with E-state index >= 15 is 0 Å². The van der Waals surface area contributed by atoms with Gasteiger partial charge in [-0.3, -0.25) is 0 Å². The first-order valence-corrected chi connectivity index (χ1v) is 20.5. The van der Waals surface area contributed by atoms with E-state index in [0.717, 1.165) is 17.8 Å². The molecule has 10 rings (SSSR count). The molecule has 3 saturated carbocycles. The van der Waals surface area contributed by atoms with Crippen LogP contribution in [0.4, 0.5) is 17.1 Å². The van der Waals surface area contributed by atoms with Crippen LogP contribution in [0.3, 0.4) is 0 Å². The van der Waals surface area contributed by atoms with Gasteiger partial charge in [0.1, 0.15) is 0 Å². The summed E-state index contributed by atoms with van der Waals surface area (Å²) in [4.78, 5) is 2.59. The molecule has 2 bridgehead atoms. The van der Waals surface area contributed by atoms with Gasteiger partial charge in [0.15, 0.2) is 0 Å². The zero-order chi connectivity index (χ0) is 35.5. The Morgan fingerprint density at radius 3 is 1.92 bits per heavy atom. The highest BCUT2D eigenvalue weighted by Crippen LogP contribution is 2.57. The fourth-order valence-electron chi connectivity index (χ4n) is 11.0. The third-order valence-electron chi connectivity index (χ3n) is 13.7. The molecule has 0 spiro atoms. The lowest BCUT2D eigenvalue weighted by Gasteiger charge is -2.32. The van der Waals surface area contributed by atoms with Crippen molar-refractivity contribution in [3.63, 3.8) is 0 Å². The smallest absolute Gasteiger partial charge is 0.0543 e. The number of hydrogen-bond acceptors (Lipinski definition) is 1. The molecule has 3 fully saturated rings. The van der Waals surface area contributed by atoms with Crippen molar-refractivity contribution < 1.29 is 0 Å². The molecule has 6 aromatic rings. The van der Waals surface area contributed by atoms with Gasteiger partial charge < -0.3 is 4.90 Å². The average Bonchev–Trinajstić information content (AvgIpc) is 3.92. The van der Waals surface area contributed by atoms with Crippen molar-refractivity contribution in [1.82, 2.24) is 0 Å². The van der Waals surface area contributed by atoms with E-state index in [2.05, 4.69) is 158 Å². The van der Waals surface area contributed by atoms with E-state index in [9.17, 15) is 0 Å². The molecule has 1 nitrogen and oxygen atoms in total. The molecule has 0 aliphatic heterocycles. The minimum atomic E-state index is -0.152. The second-order valence-electron chi connectivity index (χ2n) is 17.1. The van der Waals surface area contributed by atoms with Gasteiger partial charge in [0.2, 0.25) is 0 Å². The largest absolute Gasteiger partial charge is 0.310 e. The first-order chi connectivity index (χ1) is 26.0. The predicted molar refractivity (Wildman–Crippen MR) is 224 cm³/mol. The third kappa shape index (κ3) is 5.67. The molecule has 4 aliphatic carbocycles.